The van der Waals surface area contributed by atoms with Gasteiger partial charge in [-0.3, -0.25) is 0 Å². The first-order chi connectivity index (χ1) is 6.93. The number of halogens is 1. The Morgan fingerprint density at radius 3 is 2.67 bits per heavy atom. The van der Waals surface area contributed by atoms with E-state index in [9.17, 15) is 0 Å². The van der Waals surface area contributed by atoms with Crippen molar-refractivity contribution in [3.8, 4) is 0 Å². The lowest BCUT2D eigenvalue weighted by Crippen LogP contribution is -2.32. The van der Waals surface area contributed by atoms with Crippen molar-refractivity contribution in [2.45, 2.75) is 32.7 Å². The molecule has 0 unspecified atom stereocenters. The van der Waals surface area contributed by atoms with Gasteiger partial charge in [-0.05, 0) is 43.1 Å². The lowest BCUT2D eigenvalue weighted by atomic mass is 10.0. The van der Waals surface area contributed by atoms with Gasteiger partial charge in [-0.15, -0.1) is 0 Å². The Bertz CT molecular complexity index is 321. The van der Waals surface area contributed by atoms with Gasteiger partial charge in [0.25, 0.3) is 0 Å². The van der Waals surface area contributed by atoms with E-state index >= 15 is 0 Å². The Kier molecular flexibility index (Phi) is 4.04. The molecule has 0 spiro atoms. The number of hydrogen-bond acceptors (Lipinski definition) is 4. The van der Waals surface area contributed by atoms with Gasteiger partial charge in [0.05, 0.1) is 0 Å². The fourth-order valence-corrected chi connectivity index (χ4v) is 1.76. The van der Waals surface area contributed by atoms with Gasteiger partial charge in [-0.2, -0.15) is 0 Å². The molecule has 0 saturated heterocycles. The molecule has 0 fully saturated rings. The number of nitrogens with zero attached hydrogens (tertiary/aromatic N) is 2. The highest BCUT2D eigenvalue weighted by molar-refractivity contribution is 9.10. The molecule has 1 rings (SSSR count). The van der Waals surface area contributed by atoms with Crippen LogP contribution in [0.3, 0.4) is 0 Å². The lowest BCUT2D eigenvalue weighted by Gasteiger charge is -2.26. The van der Waals surface area contributed by atoms with Crippen LogP contribution in [0.25, 0.3) is 0 Å². The molecule has 0 saturated carbocycles. The maximum absolute atomic E-state index is 8.91. The summed E-state index contributed by atoms with van der Waals surface area (Å²) in [7, 11) is 0. The maximum atomic E-state index is 8.91. The zero-order valence-electron chi connectivity index (χ0n) is 9.21. The number of anilines is 1. The largest absolute Gasteiger partial charge is 0.396 e. The predicted molar refractivity (Wildman–Crippen MR) is 63.9 cm³/mol. The summed E-state index contributed by atoms with van der Waals surface area (Å²) in [6.07, 6.45) is 0.674. The molecule has 1 heterocycles. The van der Waals surface area contributed by atoms with Crippen LogP contribution in [0, 0.1) is 6.92 Å². The molecule has 0 amide bonds. The molecule has 0 aromatic carbocycles. The van der Waals surface area contributed by atoms with Crippen LogP contribution in [0.5, 0.6) is 0 Å². The lowest BCUT2D eigenvalue weighted by molar-refractivity contribution is 0.260. The Labute approximate surface area is 98.3 Å². The second-order valence-electron chi connectivity index (χ2n) is 4.11. The molecule has 84 valence electrons. The van der Waals surface area contributed by atoms with E-state index in [-0.39, 0.29) is 12.1 Å². The molecule has 0 bridgehead atoms. The van der Waals surface area contributed by atoms with Gasteiger partial charge >= 0.3 is 0 Å². The van der Waals surface area contributed by atoms with Crippen molar-refractivity contribution in [1.29, 1.82) is 0 Å². The number of aliphatic hydroxyl groups excluding tert-OH is 1. The van der Waals surface area contributed by atoms with E-state index in [0.717, 1.165) is 10.4 Å². The number of hydrogen-bond donors (Lipinski definition) is 2. The minimum Gasteiger partial charge on any atom is -0.396 e. The van der Waals surface area contributed by atoms with Crippen LogP contribution in [-0.2, 0) is 0 Å². The molecular formula is C10H16BrN3O. The molecule has 0 radical (unpaired) electrons. The highest BCUT2D eigenvalue weighted by atomic mass is 79.9. The zero-order valence-corrected chi connectivity index (χ0v) is 10.8. The van der Waals surface area contributed by atoms with Gasteiger partial charge in [0.15, 0.2) is 0 Å². The standard InChI is InChI=1S/C10H16BrN3O/c1-7-12-8(11)6-9(13-7)14-10(2,3)4-5-15/h6,15H,4-5H2,1-3H3,(H,12,13,14). The summed E-state index contributed by atoms with van der Waals surface area (Å²) in [5.74, 6) is 1.49. The summed E-state index contributed by atoms with van der Waals surface area (Å²) >= 11 is 3.32. The van der Waals surface area contributed by atoms with Crippen molar-refractivity contribution in [2.75, 3.05) is 11.9 Å². The van der Waals surface area contributed by atoms with Crippen molar-refractivity contribution in [3.05, 3.63) is 16.5 Å². The van der Waals surface area contributed by atoms with Crippen LogP contribution in [0.1, 0.15) is 26.1 Å². The number of aliphatic hydroxyl groups is 1. The number of nitrogens with one attached hydrogen (secondary N) is 1. The highest BCUT2D eigenvalue weighted by Crippen LogP contribution is 2.18. The smallest absolute Gasteiger partial charge is 0.131 e. The third-order valence-corrected chi connectivity index (χ3v) is 2.42. The van der Waals surface area contributed by atoms with Crippen molar-refractivity contribution >= 4 is 21.7 Å². The second kappa shape index (κ2) is 4.90. The van der Waals surface area contributed by atoms with Gasteiger partial charge in [0, 0.05) is 18.2 Å². The molecule has 15 heavy (non-hydrogen) atoms. The van der Waals surface area contributed by atoms with Crippen LogP contribution in [0.15, 0.2) is 10.7 Å². The van der Waals surface area contributed by atoms with Crippen LogP contribution < -0.4 is 5.32 Å². The van der Waals surface area contributed by atoms with Gasteiger partial charge in [0.1, 0.15) is 16.2 Å². The van der Waals surface area contributed by atoms with Gasteiger partial charge in [-0.1, -0.05) is 0 Å². The number of rotatable bonds is 4. The van der Waals surface area contributed by atoms with E-state index in [0.29, 0.717) is 12.2 Å². The SMILES string of the molecule is Cc1nc(Br)cc(NC(C)(C)CCO)n1. The summed E-state index contributed by atoms with van der Waals surface area (Å²) in [6.45, 7) is 6.04. The van der Waals surface area contributed by atoms with Crippen LogP contribution >= 0.6 is 15.9 Å². The summed E-state index contributed by atoms with van der Waals surface area (Å²) < 4.78 is 0.761. The van der Waals surface area contributed by atoms with Gasteiger partial charge < -0.3 is 10.4 Å². The average Bonchev–Trinajstić information content (AvgIpc) is 1.99. The summed E-state index contributed by atoms with van der Waals surface area (Å²) in [5.41, 5.74) is -0.172. The van der Waals surface area contributed by atoms with Crippen molar-refractivity contribution < 1.29 is 5.11 Å². The molecule has 1 aromatic heterocycles. The molecule has 5 heteroatoms. The minimum atomic E-state index is -0.172. The fourth-order valence-electron chi connectivity index (χ4n) is 1.28. The van der Waals surface area contributed by atoms with E-state index < -0.39 is 0 Å². The molecule has 0 atom stereocenters. The Hall–Kier alpha value is -0.680. The Morgan fingerprint density at radius 2 is 2.13 bits per heavy atom. The molecule has 2 N–H and O–H groups in total. The number of aromatic nitrogens is 2. The first-order valence-corrected chi connectivity index (χ1v) is 5.62. The van der Waals surface area contributed by atoms with Crippen molar-refractivity contribution in [1.82, 2.24) is 9.97 Å². The normalized spacial score (nSPS) is 11.5. The molecule has 4 nitrogen and oxygen atoms in total. The van der Waals surface area contributed by atoms with Crippen LogP contribution in [-0.4, -0.2) is 27.2 Å². The Balaban J connectivity index is 2.80. The van der Waals surface area contributed by atoms with E-state index in [1.165, 1.54) is 0 Å². The Morgan fingerprint density at radius 1 is 1.47 bits per heavy atom. The van der Waals surface area contributed by atoms with E-state index in [4.69, 9.17) is 5.11 Å². The monoisotopic (exact) mass is 273 g/mol. The van der Waals surface area contributed by atoms with Crippen LogP contribution in [0.4, 0.5) is 5.82 Å². The first-order valence-electron chi connectivity index (χ1n) is 4.83. The van der Waals surface area contributed by atoms with E-state index in [1.807, 2.05) is 26.8 Å². The average molecular weight is 274 g/mol. The second-order valence-corrected chi connectivity index (χ2v) is 4.92. The molecule has 0 aliphatic rings. The predicted octanol–water partition coefficient (Wildman–Crippen LogP) is 2.12. The molecular weight excluding hydrogens is 258 g/mol. The van der Waals surface area contributed by atoms with Crippen molar-refractivity contribution in [2.24, 2.45) is 0 Å². The third-order valence-electron chi connectivity index (χ3n) is 2.01. The summed E-state index contributed by atoms with van der Waals surface area (Å²) in [6, 6.07) is 1.83. The van der Waals surface area contributed by atoms with Gasteiger partial charge in [0.2, 0.25) is 0 Å². The molecule has 1 aromatic rings. The fraction of sp³-hybridized carbons (Fsp3) is 0.600. The topological polar surface area (TPSA) is 58.0 Å². The number of aryl methyl sites for hydroxylation is 1. The quantitative estimate of drug-likeness (QED) is 0.826. The minimum absolute atomic E-state index is 0.158. The molecule has 0 aliphatic heterocycles. The highest BCUT2D eigenvalue weighted by Gasteiger charge is 2.17. The van der Waals surface area contributed by atoms with Gasteiger partial charge in [-0.25, -0.2) is 9.97 Å². The van der Waals surface area contributed by atoms with E-state index in [1.54, 1.807) is 0 Å². The molecule has 0 aliphatic carbocycles. The zero-order chi connectivity index (χ0) is 11.5. The summed E-state index contributed by atoms with van der Waals surface area (Å²) in [4.78, 5) is 8.39. The van der Waals surface area contributed by atoms with Crippen LogP contribution in [0.2, 0.25) is 0 Å². The summed E-state index contributed by atoms with van der Waals surface area (Å²) in [5, 5.41) is 12.2. The first kappa shape index (κ1) is 12.4. The third kappa shape index (κ3) is 4.13. The maximum Gasteiger partial charge on any atom is 0.131 e. The van der Waals surface area contributed by atoms with E-state index in [2.05, 4.69) is 31.2 Å². The van der Waals surface area contributed by atoms with Crippen molar-refractivity contribution in [3.63, 3.8) is 0 Å².